The third-order valence-electron chi connectivity index (χ3n) is 4.55. The molecule has 1 fully saturated rings. The van der Waals surface area contributed by atoms with Gasteiger partial charge in [-0.15, -0.1) is 0 Å². The Balaban J connectivity index is 1.88. The van der Waals surface area contributed by atoms with Crippen LogP contribution >= 0.6 is 0 Å². The third kappa shape index (κ3) is 2.55. The lowest BCUT2D eigenvalue weighted by molar-refractivity contribution is 0.271. The molecule has 0 bridgehead atoms. The molecule has 3 aromatic rings. The summed E-state index contributed by atoms with van der Waals surface area (Å²) >= 11 is 0. The van der Waals surface area contributed by atoms with Gasteiger partial charge in [0.05, 0.1) is 11.7 Å². The summed E-state index contributed by atoms with van der Waals surface area (Å²) in [6.45, 7) is 2.06. The topological polar surface area (TPSA) is 49.3 Å². The number of phenols is 1. The van der Waals surface area contributed by atoms with Gasteiger partial charge < -0.3 is 5.11 Å². The van der Waals surface area contributed by atoms with E-state index in [1.165, 1.54) is 12.8 Å². The number of benzene rings is 1. The Labute approximate surface area is 135 Å². The molecule has 23 heavy (non-hydrogen) atoms. The van der Waals surface area contributed by atoms with Crippen LogP contribution in [0.2, 0.25) is 0 Å². The van der Waals surface area contributed by atoms with Crippen LogP contribution in [0.4, 0.5) is 0 Å². The van der Waals surface area contributed by atoms with Crippen molar-refractivity contribution in [3.8, 4) is 5.75 Å². The van der Waals surface area contributed by atoms with Crippen molar-refractivity contribution in [2.24, 2.45) is 0 Å². The molecule has 3 heterocycles. The first-order chi connectivity index (χ1) is 11.3. The van der Waals surface area contributed by atoms with Crippen molar-refractivity contribution >= 4 is 10.9 Å². The van der Waals surface area contributed by atoms with Crippen molar-refractivity contribution in [2.75, 3.05) is 13.1 Å². The molecule has 2 aromatic heterocycles. The van der Waals surface area contributed by atoms with E-state index in [1.807, 2.05) is 48.7 Å². The zero-order valence-corrected chi connectivity index (χ0v) is 12.9. The van der Waals surface area contributed by atoms with Crippen molar-refractivity contribution < 1.29 is 5.11 Å². The molecule has 4 rings (SSSR count). The predicted octanol–water partition coefficient (Wildman–Crippen LogP) is 3.52. The van der Waals surface area contributed by atoms with Crippen LogP contribution in [0.5, 0.6) is 5.75 Å². The second kappa shape index (κ2) is 5.97. The van der Waals surface area contributed by atoms with Gasteiger partial charge >= 0.3 is 0 Å². The maximum atomic E-state index is 10.8. The number of rotatable bonds is 3. The molecule has 0 radical (unpaired) electrons. The van der Waals surface area contributed by atoms with Crippen LogP contribution in [0.1, 0.15) is 30.1 Å². The standard InChI is InChI=1S/C19H19N3O/c23-19-15(9-8-14-6-5-11-21-17(14)19)18(22-12-3-4-13-22)16-7-1-2-10-20-16/h1-2,5-11,18,23H,3-4,12-13H2/t18-/m0/s1. The Morgan fingerprint density at radius 1 is 0.913 bits per heavy atom. The smallest absolute Gasteiger partial charge is 0.146 e. The molecular weight excluding hydrogens is 286 g/mol. The van der Waals surface area contributed by atoms with E-state index in [2.05, 4.69) is 14.9 Å². The lowest BCUT2D eigenvalue weighted by atomic mass is 9.98. The van der Waals surface area contributed by atoms with E-state index in [9.17, 15) is 5.11 Å². The van der Waals surface area contributed by atoms with Crippen LogP contribution in [0.25, 0.3) is 10.9 Å². The summed E-state index contributed by atoms with van der Waals surface area (Å²) in [5.41, 5.74) is 2.52. The third-order valence-corrected chi connectivity index (χ3v) is 4.55. The van der Waals surface area contributed by atoms with Gasteiger partial charge in [0.25, 0.3) is 0 Å². The molecule has 1 aromatic carbocycles. The van der Waals surface area contributed by atoms with Crippen LogP contribution in [0.15, 0.2) is 54.9 Å². The second-order valence-electron chi connectivity index (χ2n) is 5.98. The van der Waals surface area contributed by atoms with Gasteiger partial charge in [-0.25, -0.2) is 0 Å². The monoisotopic (exact) mass is 305 g/mol. The van der Waals surface area contributed by atoms with Gasteiger partial charge in [0.1, 0.15) is 11.3 Å². The van der Waals surface area contributed by atoms with E-state index in [4.69, 9.17) is 0 Å². The van der Waals surface area contributed by atoms with E-state index in [0.29, 0.717) is 5.52 Å². The summed E-state index contributed by atoms with van der Waals surface area (Å²) in [5, 5.41) is 11.8. The van der Waals surface area contributed by atoms with Crippen LogP contribution < -0.4 is 0 Å². The molecule has 0 saturated carbocycles. The van der Waals surface area contributed by atoms with Crippen molar-refractivity contribution in [3.63, 3.8) is 0 Å². The van der Waals surface area contributed by atoms with Crippen LogP contribution in [-0.2, 0) is 0 Å². The maximum Gasteiger partial charge on any atom is 0.146 e. The zero-order chi connectivity index (χ0) is 15.6. The van der Waals surface area contributed by atoms with Gasteiger partial charge in [0.2, 0.25) is 0 Å². The fourth-order valence-electron chi connectivity index (χ4n) is 3.45. The van der Waals surface area contributed by atoms with Crippen molar-refractivity contribution in [1.82, 2.24) is 14.9 Å². The average molecular weight is 305 g/mol. The van der Waals surface area contributed by atoms with Gasteiger partial charge in [0, 0.05) is 23.3 Å². The number of phenolic OH excluding ortho intramolecular Hbond substituents is 1. The highest BCUT2D eigenvalue weighted by atomic mass is 16.3. The number of hydrogen-bond donors (Lipinski definition) is 1. The molecule has 0 aliphatic carbocycles. The number of pyridine rings is 2. The first-order valence-electron chi connectivity index (χ1n) is 8.06. The fourth-order valence-corrected chi connectivity index (χ4v) is 3.45. The van der Waals surface area contributed by atoms with E-state index in [1.54, 1.807) is 6.20 Å². The number of nitrogens with zero attached hydrogens (tertiary/aromatic N) is 3. The molecule has 116 valence electrons. The summed E-state index contributed by atoms with van der Waals surface area (Å²) in [6, 6.07) is 13.8. The molecule has 1 aliphatic rings. The summed E-state index contributed by atoms with van der Waals surface area (Å²) < 4.78 is 0. The minimum Gasteiger partial charge on any atom is -0.505 e. The van der Waals surface area contributed by atoms with Gasteiger partial charge in [-0.3, -0.25) is 14.9 Å². The Morgan fingerprint density at radius 3 is 2.52 bits per heavy atom. The quantitative estimate of drug-likeness (QED) is 0.804. The maximum absolute atomic E-state index is 10.8. The van der Waals surface area contributed by atoms with Crippen molar-refractivity contribution in [3.05, 3.63) is 66.1 Å². The lowest BCUT2D eigenvalue weighted by Crippen LogP contribution is -2.27. The Bertz CT molecular complexity index is 813. The number of fused-ring (bicyclic) bond motifs is 1. The highest BCUT2D eigenvalue weighted by Gasteiger charge is 2.28. The highest BCUT2D eigenvalue weighted by Crippen LogP contribution is 2.38. The Morgan fingerprint density at radius 2 is 1.74 bits per heavy atom. The van der Waals surface area contributed by atoms with Gasteiger partial charge in [0.15, 0.2) is 0 Å². The highest BCUT2D eigenvalue weighted by molar-refractivity contribution is 5.85. The van der Waals surface area contributed by atoms with Crippen molar-refractivity contribution in [2.45, 2.75) is 18.9 Å². The Hall–Kier alpha value is -2.46. The van der Waals surface area contributed by atoms with Crippen LogP contribution in [0.3, 0.4) is 0 Å². The van der Waals surface area contributed by atoms with Crippen LogP contribution in [-0.4, -0.2) is 33.1 Å². The summed E-state index contributed by atoms with van der Waals surface area (Å²) in [7, 11) is 0. The van der Waals surface area contributed by atoms with E-state index < -0.39 is 0 Å². The summed E-state index contributed by atoms with van der Waals surface area (Å²) in [5.74, 6) is 0.269. The van der Waals surface area contributed by atoms with Crippen LogP contribution in [0, 0.1) is 0 Å². The molecule has 4 heteroatoms. The molecular formula is C19H19N3O. The first kappa shape index (κ1) is 14.2. The van der Waals surface area contributed by atoms with Gasteiger partial charge in [-0.05, 0) is 44.1 Å². The van der Waals surface area contributed by atoms with Gasteiger partial charge in [-0.1, -0.05) is 24.3 Å². The number of likely N-dealkylation sites (tertiary alicyclic amines) is 1. The lowest BCUT2D eigenvalue weighted by Gasteiger charge is -2.28. The normalized spacial score (nSPS) is 16.7. The SMILES string of the molecule is Oc1c([C@@H](c2ccccn2)N2CCCC2)ccc2cccnc12. The van der Waals surface area contributed by atoms with E-state index in [-0.39, 0.29) is 11.8 Å². The minimum absolute atomic E-state index is 0.0230. The molecule has 1 N–H and O–H groups in total. The fraction of sp³-hybridized carbons (Fsp3) is 0.263. The molecule has 1 aliphatic heterocycles. The largest absolute Gasteiger partial charge is 0.505 e. The first-order valence-corrected chi connectivity index (χ1v) is 8.06. The van der Waals surface area contributed by atoms with Crippen molar-refractivity contribution in [1.29, 1.82) is 0 Å². The molecule has 0 amide bonds. The average Bonchev–Trinajstić information content (AvgIpc) is 3.13. The van der Waals surface area contributed by atoms with E-state index in [0.717, 1.165) is 29.7 Å². The molecule has 0 spiro atoms. The molecule has 0 unspecified atom stereocenters. The van der Waals surface area contributed by atoms with E-state index >= 15 is 0 Å². The number of hydrogen-bond acceptors (Lipinski definition) is 4. The van der Waals surface area contributed by atoms with Gasteiger partial charge in [-0.2, -0.15) is 0 Å². The second-order valence-corrected chi connectivity index (χ2v) is 5.98. The summed E-state index contributed by atoms with van der Waals surface area (Å²) in [4.78, 5) is 11.3. The predicted molar refractivity (Wildman–Crippen MR) is 90.3 cm³/mol. The number of aromatic hydroxyl groups is 1. The molecule has 1 atom stereocenters. The molecule has 4 nitrogen and oxygen atoms in total. The Kier molecular flexibility index (Phi) is 3.67. The molecule has 1 saturated heterocycles. The number of aromatic nitrogens is 2. The zero-order valence-electron chi connectivity index (χ0n) is 12.9. The summed E-state index contributed by atoms with van der Waals surface area (Å²) in [6.07, 6.45) is 5.91. The minimum atomic E-state index is -0.0230.